The molecule has 0 bridgehead atoms. The molecule has 0 saturated heterocycles. The number of anilines is 1. The third-order valence-corrected chi connectivity index (χ3v) is 5.41. The Kier molecular flexibility index (Phi) is 3.29. The lowest BCUT2D eigenvalue weighted by Gasteiger charge is -2.09. The maximum atomic E-state index is 12.1. The SMILES string of the molecule is CC1(C)C(CNC(=O)c2cccc(Cl)c2N)C1(C)C. The van der Waals surface area contributed by atoms with E-state index in [2.05, 4.69) is 33.0 Å². The van der Waals surface area contributed by atoms with Gasteiger partial charge in [-0.25, -0.2) is 0 Å². The van der Waals surface area contributed by atoms with Crippen LogP contribution in [-0.2, 0) is 0 Å². The zero-order valence-corrected chi connectivity index (χ0v) is 12.6. The van der Waals surface area contributed by atoms with Crippen molar-refractivity contribution in [3.8, 4) is 0 Å². The van der Waals surface area contributed by atoms with Gasteiger partial charge in [-0.3, -0.25) is 4.79 Å². The van der Waals surface area contributed by atoms with Crippen LogP contribution in [0.15, 0.2) is 18.2 Å². The van der Waals surface area contributed by atoms with Crippen LogP contribution in [0, 0.1) is 16.7 Å². The van der Waals surface area contributed by atoms with Crippen LogP contribution in [0.2, 0.25) is 5.02 Å². The van der Waals surface area contributed by atoms with Crippen molar-refractivity contribution in [2.45, 2.75) is 27.7 Å². The number of nitrogen functional groups attached to an aromatic ring is 1. The number of benzene rings is 1. The molecule has 19 heavy (non-hydrogen) atoms. The Labute approximate surface area is 119 Å². The first-order valence-corrected chi connectivity index (χ1v) is 6.89. The van der Waals surface area contributed by atoms with Gasteiger partial charge in [-0.2, -0.15) is 0 Å². The molecule has 104 valence electrons. The average molecular weight is 281 g/mol. The van der Waals surface area contributed by atoms with Gasteiger partial charge in [0, 0.05) is 6.54 Å². The van der Waals surface area contributed by atoms with E-state index in [9.17, 15) is 4.79 Å². The quantitative estimate of drug-likeness (QED) is 0.835. The van der Waals surface area contributed by atoms with Gasteiger partial charge >= 0.3 is 0 Å². The number of amides is 1. The number of carbonyl (C=O) groups excluding carboxylic acids is 1. The van der Waals surface area contributed by atoms with E-state index in [-0.39, 0.29) is 16.7 Å². The molecule has 1 aliphatic rings. The monoisotopic (exact) mass is 280 g/mol. The number of halogens is 1. The maximum Gasteiger partial charge on any atom is 0.253 e. The van der Waals surface area contributed by atoms with E-state index in [1.807, 2.05) is 0 Å². The molecule has 3 nitrogen and oxygen atoms in total. The third-order valence-electron chi connectivity index (χ3n) is 5.08. The van der Waals surface area contributed by atoms with Crippen LogP contribution in [-0.4, -0.2) is 12.5 Å². The van der Waals surface area contributed by atoms with Crippen LogP contribution in [0.25, 0.3) is 0 Å². The number of nitrogens with two attached hydrogens (primary N) is 1. The van der Waals surface area contributed by atoms with Gasteiger partial charge in [-0.05, 0) is 28.9 Å². The molecule has 0 spiro atoms. The summed E-state index contributed by atoms with van der Waals surface area (Å²) in [5, 5.41) is 3.38. The Balaban J connectivity index is 2.02. The summed E-state index contributed by atoms with van der Waals surface area (Å²) in [4.78, 5) is 12.1. The highest BCUT2D eigenvalue weighted by atomic mass is 35.5. The highest BCUT2D eigenvalue weighted by Gasteiger charge is 2.64. The predicted octanol–water partition coefficient (Wildman–Crippen LogP) is 3.33. The smallest absolute Gasteiger partial charge is 0.253 e. The van der Waals surface area contributed by atoms with E-state index in [1.54, 1.807) is 18.2 Å². The molecule has 1 amide bonds. The molecule has 1 aliphatic carbocycles. The first kappa shape index (κ1) is 14.2. The van der Waals surface area contributed by atoms with E-state index in [1.165, 1.54) is 0 Å². The Morgan fingerprint density at radius 3 is 2.42 bits per heavy atom. The lowest BCUT2D eigenvalue weighted by Crippen LogP contribution is -2.27. The van der Waals surface area contributed by atoms with Crippen LogP contribution in [0.1, 0.15) is 38.1 Å². The summed E-state index contributed by atoms with van der Waals surface area (Å²) in [7, 11) is 0. The zero-order valence-electron chi connectivity index (χ0n) is 11.9. The summed E-state index contributed by atoms with van der Waals surface area (Å²) < 4.78 is 0. The van der Waals surface area contributed by atoms with Crippen LogP contribution in [0.4, 0.5) is 5.69 Å². The summed E-state index contributed by atoms with van der Waals surface area (Å²) >= 11 is 5.92. The Morgan fingerprint density at radius 2 is 1.89 bits per heavy atom. The topological polar surface area (TPSA) is 55.1 Å². The van der Waals surface area contributed by atoms with Crippen LogP contribution < -0.4 is 11.1 Å². The minimum Gasteiger partial charge on any atom is -0.397 e. The molecule has 4 heteroatoms. The summed E-state index contributed by atoms with van der Waals surface area (Å²) in [5.74, 6) is 0.336. The van der Waals surface area contributed by atoms with Gasteiger partial charge in [0.05, 0.1) is 16.3 Å². The molecule has 1 saturated carbocycles. The molecule has 1 aromatic carbocycles. The first-order valence-electron chi connectivity index (χ1n) is 6.51. The lowest BCUT2D eigenvalue weighted by atomic mass is 10.0. The van der Waals surface area contributed by atoms with Gasteiger partial charge in [-0.1, -0.05) is 45.4 Å². The van der Waals surface area contributed by atoms with Gasteiger partial charge in [0.25, 0.3) is 5.91 Å². The zero-order chi connectivity index (χ0) is 14.4. The molecule has 2 rings (SSSR count). The number of nitrogens with one attached hydrogen (secondary N) is 1. The van der Waals surface area contributed by atoms with E-state index in [0.717, 1.165) is 0 Å². The average Bonchev–Trinajstić information content (AvgIpc) is 2.70. The molecule has 0 heterocycles. The number of para-hydroxylation sites is 1. The van der Waals surface area contributed by atoms with Gasteiger partial charge < -0.3 is 11.1 Å². The fraction of sp³-hybridized carbons (Fsp3) is 0.533. The van der Waals surface area contributed by atoms with Crippen LogP contribution >= 0.6 is 11.6 Å². The summed E-state index contributed by atoms with van der Waals surface area (Å²) in [5.41, 5.74) is 7.14. The maximum absolute atomic E-state index is 12.1. The molecule has 0 aromatic heterocycles. The normalized spacial score (nSPS) is 20.1. The van der Waals surface area contributed by atoms with Crippen LogP contribution in [0.5, 0.6) is 0 Å². The van der Waals surface area contributed by atoms with Gasteiger partial charge in [0.1, 0.15) is 0 Å². The molecule has 0 atom stereocenters. The Hall–Kier alpha value is -1.22. The molecular weight excluding hydrogens is 260 g/mol. The largest absolute Gasteiger partial charge is 0.397 e. The minimum absolute atomic E-state index is 0.154. The van der Waals surface area contributed by atoms with Crippen molar-refractivity contribution in [3.05, 3.63) is 28.8 Å². The fourth-order valence-electron chi connectivity index (χ4n) is 2.87. The number of rotatable bonds is 3. The van der Waals surface area contributed by atoms with Gasteiger partial charge in [-0.15, -0.1) is 0 Å². The van der Waals surface area contributed by atoms with E-state index < -0.39 is 0 Å². The molecule has 1 aromatic rings. The molecular formula is C15H21ClN2O. The van der Waals surface area contributed by atoms with E-state index >= 15 is 0 Å². The summed E-state index contributed by atoms with van der Waals surface area (Å²) in [6.07, 6.45) is 0. The van der Waals surface area contributed by atoms with Crippen LogP contribution in [0.3, 0.4) is 0 Å². The van der Waals surface area contributed by atoms with Crippen molar-refractivity contribution in [2.75, 3.05) is 12.3 Å². The second-order valence-electron chi connectivity index (χ2n) is 6.41. The van der Waals surface area contributed by atoms with E-state index in [4.69, 9.17) is 17.3 Å². The molecule has 0 aliphatic heterocycles. The van der Waals surface area contributed by atoms with E-state index in [0.29, 0.717) is 28.7 Å². The number of hydrogen-bond acceptors (Lipinski definition) is 2. The van der Waals surface area contributed by atoms with Gasteiger partial charge in [0.2, 0.25) is 0 Å². The van der Waals surface area contributed by atoms with Gasteiger partial charge in [0.15, 0.2) is 0 Å². The highest BCUT2D eigenvalue weighted by molar-refractivity contribution is 6.33. The predicted molar refractivity (Wildman–Crippen MR) is 79.2 cm³/mol. The summed E-state index contributed by atoms with van der Waals surface area (Å²) in [6.45, 7) is 9.61. The Morgan fingerprint density at radius 1 is 1.32 bits per heavy atom. The Bertz CT molecular complexity index is 509. The number of carbonyl (C=O) groups is 1. The standard InChI is InChI=1S/C15H21ClN2O/c1-14(2)11(15(14,3)4)8-18-13(19)9-6-5-7-10(16)12(9)17/h5-7,11H,8,17H2,1-4H3,(H,18,19). The first-order chi connectivity index (χ1) is 8.69. The molecule has 3 N–H and O–H groups in total. The van der Waals surface area contributed by atoms with Crippen molar-refractivity contribution in [2.24, 2.45) is 16.7 Å². The van der Waals surface area contributed by atoms with Crippen molar-refractivity contribution < 1.29 is 4.79 Å². The lowest BCUT2D eigenvalue weighted by molar-refractivity contribution is 0.0951. The third kappa shape index (κ3) is 2.20. The summed E-state index contributed by atoms with van der Waals surface area (Å²) in [6, 6.07) is 5.11. The second kappa shape index (κ2) is 4.41. The molecule has 0 radical (unpaired) electrons. The fourth-order valence-corrected chi connectivity index (χ4v) is 3.04. The molecule has 0 unspecified atom stereocenters. The van der Waals surface area contributed by atoms with Crippen molar-refractivity contribution >= 4 is 23.2 Å². The minimum atomic E-state index is -0.154. The molecule has 1 fully saturated rings. The second-order valence-corrected chi connectivity index (χ2v) is 6.81. The number of hydrogen-bond donors (Lipinski definition) is 2. The van der Waals surface area contributed by atoms with Crippen molar-refractivity contribution in [1.29, 1.82) is 0 Å². The van der Waals surface area contributed by atoms with Crippen molar-refractivity contribution in [3.63, 3.8) is 0 Å². The highest BCUT2D eigenvalue weighted by Crippen LogP contribution is 2.67. The van der Waals surface area contributed by atoms with Crippen molar-refractivity contribution in [1.82, 2.24) is 5.32 Å².